The third kappa shape index (κ3) is 7.37. The SMILES string of the molecule is CN(C(=O)[C@H](Cc1c[nH]c2ccccc12)NC(=O)[C@@H]1CCCN1C(=O)[C@@H](N)Cc1ccc(O)cc1)[C@@H](Cc1ccccc1)C(N)=O. The number of likely N-dealkylation sites (N-methyl/N-ethyl adjacent to an activating group) is 1. The molecule has 0 unspecified atom stereocenters. The maximum atomic E-state index is 14.1. The Bertz CT molecular complexity index is 1690. The number of nitrogens with two attached hydrogens (primary N) is 2. The number of aromatic hydroxyl groups is 1. The molecule has 7 N–H and O–H groups in total. The van der Waals surface area contributed by atoms with Crippen LogP contribution in [0.25, 0.3) is 10.9 Å². The highest BCUT2D eigenvalue weighted by molar-refractivity contribution is 5.95. The molecule has 0 spiro atoms. The van der Waals surface area contributed by atoms with Crippen LogP contribution < -0.4 is 16.8 Å². The van der Waals surface area contributed by atoms with E-state index in [0.29, 0.717) is 19.4 Å². The van der Waals surface area contributed by atoms with Gasteiger partial charge in [0.25, 0.3) is 0 Å². The van der Waals surface area contributed by atoms with Gasteiger partial charge in [-0.2, -0.15) is 0 Å². The molecule has 5 rings (SSSR count). The molecule has 4 aromatic rings. The van der Waals surface area contributed by atoms with Crippen molar-refractivity contribution >= 4 is 34.5 Å². The second kappa shape index (κ2) is 14.3. The first-order chi connectivity index (χ1) is 22.1. The van der Waals surface area contributed by atoms with E-state index in [0.717, 1.165) is 27.6 Å². The minimum absolute atomic E-state index is 0.115. The van der Waals surface area contributed by atoms with Crippen LogP contribution in [0.4, 0.5) is 0 Å². The van der Waals surface area contributed by atoms with Crippen LogP contribution >= 0.6 is 0 Å². The molecule has 46 heavy (non-hydrogen) atoms. The largest absolute Gasteiger partial charge is 0.508 e. The molecule has 4 atom stereocenters. The van der Waals surface area contributed by atoms with E-state index in [-0.39, 0.29) is 30.9 Å². The quantitative estimate of drug-likeness (QED) is 0.161. The van der Waals surface area contributed by atoms with E-state index in [1.165, 1.54) is 29.0 Å². The Morgan fingerprint density at radius 3 is 2.35 bits per heavy atom. The fourth-order valence-electron chi connectivity index (χ4n) is 6.14. The van der Waals surface area contributed by atoms with Crippen LogP contribution in [0, 0.1) is 0 Å². The molecule has 3 aromatic carbocycles. The molecule has 1 aliphatic rings. The first-order valence-corrected chi connectivity index (χ1v) is 15.4. The summed E-state index contributed by atoms with van der Waals surface area (Å²) in [6, 6.07) is 19.7. The monoisotopic (exact) mass is 624 g/mol. The zero-order valence-electron chi connectivity index (χ0n) is 25.8. The van der Waals surface area contributed by atoms with E-state index in [4.69, 9.17) is 11.5 Å². The van der Waals surface area contributed by atoms with Crippen molar-refractivity contribution in [3.8, 4) is 5.75 Å². The maximum absolute atomic E-state index is 14.1. The Hall–Kier alpha value is -5.16. The van der Waals surface area contributed by atoms with E-state index in [1.54, 1.807) is 18.3 Å². The molecule has 0 bridgehead atoms. The number of phenolic OH excluding ortho intramolecular Hbond substituents is 1. The van der Waals surface area contributed by atoms with Gasteiger partial charge in [0.2, 0.25) is 23.6 Å². The summed E-state index contributed by atoms with van der Waals surface area (Å²) in [6.07, 6.45) is 3.45. The number of likely N-dealkylation sites (tertiary alicyclic amines) is 1. The number of aromatic amines is 1. The Morgan fingerprint density at radius 2 is 1.63 bits per heavy atom. The molecule has 1 aromatic heterocycles. The van der Waals surface area contributed by atoms with E-state index in [9.17, 15) is 24.3 Å². The van der Waals surface area contributed by atoms with Gasteiger partial charge in [0.15, 0.2) is 0 Å². The molecule has 11 nitrogen and oxygen atoms in total. The lowest BCUT2D eigenvalue weighted by atomic mass is 10.00. The second-order valence-electron chi connectivity index (χ2n) is 11.8. The van der Waals surface area contributed by atoms with E-state index in [1.807, 2.05) is 54.6 Å². The van der Waals surface area contributed by atoms with Crippen molar-refractivity contribution in [1.82, 2.24) is 20.1 Å². The van der Waals surface area contributed by atoms with Gasteiger partial charge in [-0.15, -0.1) is 0 Å². The predicted octanol–water partition coefficient (Wildman–Crippen LogP) is 2.02. The van der Waals surface area contributed by atoms with Gasteiger partial charge in [0, 0.05) is 43.5 Å². The number of nitrogens with zero attached hydrogens (tertiary/aromatic N) is 2. The van der Waals surface area contributed by atoms with Crippen molar-refractivity contribution in [3.63, 3.8) is 0 Å². The topological polar surface area (TPSA) is 175 Å². The van der Waals surface area contributed by atoms with Gasteiger partial charge >= 0.3 is 0 Å². The number of aromatic nitrogens is 1. The number of carbonyl (C=O) groups is 4. The standard InChI is InChI=1S/C35H40N6O5/c1-40(31(32(37)43)19-22-8-3-2-4-9-22)35(46)29(20-24-21-38-28-11-6-5-10-26(24)28)39-33(44)30-12-7-17-41(30)34(45)27(36)18-23-13-15-25(42)16-14-23/h2-6,8-11,13-16,21,27,29-31,38,42H,7,12,17-20,36H2,1H3,(H2,37,43)(H,39,44)/t27-,29-,30-,31-/m0/s1. The second-order valence-corrected chi connectivity index (χ2v) is 11.8. The lowest BCUT2D eigenvalue weighted by molar-refractivity contribution is -0.143. The summed E-state index contributed by atoms with van der Waals surface area (Å²) in [7, 11) is 1.52. The fraction of sp³-hybridized carbons (Fsp3) is 0.314. The van der Waals surface area contributed by atoms with Crippen molar-refractivity contribution in [3.05, 3.63) is 102 Å². The van der Waals surface area contributed by atoms with Crippen LogP contribution in [0.3, 0.4) is 0 Å². The third-order valence-electron chi connectivity index (χ3n) is 8.68. The molecular weight excluding hydrogens is 584 g/mol. The Kier molecular flexibility index (Phi) is 10.0. The van der Waals surface area contributed by atoms with Crippen molar-refractivity contribution in [2.45, 2.75) is 56.3 Å². The van der Waals surface area contributed by atoms with E-state index in [2.05, 4.69) is 10.3 Å². The summed E-state index contributed by atoms with van der Waals surface area (Å²) in [5.74, 6) is -1.85. The van der Waals surface area contributed by atoms with Gasteiger partial charge in [-0.05, 0) is 54.2 Å². The number of hydrogen-bond acceptors (Lipinski definition) is 6. The molecule has 2 heterocycles. The molecule has 11 heteroatoms. The number of primary amides is 1. The molecule has 0 saturated carbocycles. The van der Waals surface area contributed by atoms with Crippen molar-refractivity contribution in [2.24, 2.45) is 11.5 Å². The summed E-state index contributed by atoms with van der Waals surface area (Å²) in [4.78, 5) is 60.0. The van der Waals surface area contributed by atoms with Crippen LogP contribution in [0.1, 0.15) is 29.5 Å². The number of H-pyrrole nitrogens is 1. The summed E-state index contributed by atoms with van der Waals surface area (Å²) in [6.45, 7) is 0.363. The first-order valence-electron chi connectivity index (χ1n) is 15.4. The van der Waals surface area contributed by atoms with Gasteiger partial charge in [-0.25, -0.2) is 0 Å². The Morgan fingerprint density at radius 1 is 0.957 bits per heavy atom. The number of carbonyl (C=O) groups excluding carboxylic acids is 4. The lowest BCUT2D eigenvalue weighted by Gasteiger charge is -2.32. The van der Waals surface area contributed by atoms with Crippen LogP contribution in [0.5, 0.6) is 5.75 Å². The number of nitrogens with one attached hydrogen (secondary N) is 2. The maximum Gasteiger partial charge on any atom is 0.245 e. The average Bonchev–Trinajstić information content (AvgIpc) is 3.71. The average molecular weight is 625 g/mol. The number of rotatable bonds is 12. The van der Waals surface area contributed by atoms with Crippen LogP contribution in [0.15, 0.2) is 85.1 Å². The molecule has 0 aliphatic carbocycles. The van der Waals surface area contributed by atoms with Crippen LogP contribution in [-0.2, 0) is 38.4 Å². The van der Waals surface area contributed by atoms with Gasteiger partial charge in [-0.1, -0.05) is 60.7 Å². The number of fused-ring (bicyclic) bond motifs is 1. The number of para-hydroxylation sites is 1. The summed E-state index contributed by atoms with van der Waals surface area (Å²) in [5, 5.41) is 13.4. The summed E-state index contributed by atoms with van der Waals surface area (Å²) in [5.41, 5.74) is 15.4. The van der Waals surface area contributed by atoms with Crippen LogP contribution in [-0.4, -0.2) is 81.3 Å². The zero-order valence-corrected chi connectivity index (χ0v) is 25.8. The Balaban J connectivity index is 1.36. The predicted molar refractivity (Wildman–Crippen MR) is 174 cm³/mol. The highest BCUT2D eigenvalue weighted by Crippen LogP contribution is 2.23. The number of hydrogen-bond donors (Lipinski definition) is 5. The van der Waals surface area contributed by atoms with E-state index < -0.39 is 41.9 Å². The molecule has 1 aliphatic heterocycles. The number of phenols is 1. The third-order valence-corrected chi connectivity index (χ3v) is 8.68. The molecular formula is C35H40N6O5. The highest BCUT2D eigenvalue weighted by Gasteiger charge is 2.39. The minimum atomic E-state index is -1.04. The van der Waals surface area contributed by atoms with Crippen LogP contribution in [0.2, 0.25) is 0 Å². The number of benzene rings is 3. The molecule has 0 radical (unpaired) electrons. The molecule has 1 saturated heterocycles. The van der Waals surface area contributed by atoms with E-state index >= 15 is 0 Å². The summed E-state index contributed by atoms with van der Waals surface area (Å²) < 4.78 is 0. The van der Waals surface area contributed by atoms with Gasteiger partial charge in [-0.3, -0.25) is 19.2 Å². The van der Waals surface area contributed by atoms with Crippen molar-refractivity contribution < 1.29 is 24.3 Å². The minimum Gasteiger partial charge on any atom is -0.508 e. The number of amides is 4. The highest BCUT2D eigenvalue weighted by atomic mass is 16.3. The van der Waals surface area contributed by atoms with Gasteiger partial charge in [0.1, 0.15) is 23.9 Å². The molecule has 1 fully saturated rings. The van der Waals surface area contributed by atoms with Crippen molar-refractivity contribution in [1.29, 1.82) is 0 Å². The fourth-order valence-corrected chi connectivity index (χ4v) is 6.14. The molecule has 4 amide bonds. The van der Waals surface area contributed by atoms with Gasteiger partial charge < -0.3 is 36.7 Å². The molecule has 240 valence electrons. The lowest BCUT2D eigenvalue weighted by Crippen LogP contribution is -2.58. The zero-order chi connectivity index (χ0) is 32.8. The smallest absolute Gasteiger partial charge is 0.245 e. The first kappa shape index (κ1) is 32.2. The van der Waals surface area contributed by atoms with Crippen molar-refractivity contribution in [2.75, 3.05) is 13.6 Å². The Labute approximate surface area is 267 Å². The summed E-state index contributed by atoms with van der Waals surface area (Å²) >= 11 is 0. The normalized spacial score (nSPS) is 16.5. The van der Waals surface area contributed by atoms with Gasteiger partial charge in [0.05, 0.1) is 6.04 Å².